The molecule has 0 spiro atoms. The Morgan fingerprint density at radius 1 is 1.06 bits per heavy atom. The standard InChI is InChI=1S/C23H16F3N7O2/c24-14-4-15(7-27-6-14)32-22(34)13-3-16-17(8-30-21(16)29-5-13)12-1-2-20-28-9-18(33(20)11-12)23(35)31-10-19(25)26/h1-9,11,19H,10H2,(H,29,30)(H,31,35)(H,32,34). The Kier molecular flexibility index (Phi) is 5.61. The Hall–Kier alpha value is -4.74. The minimum Gasteiger partial charge on any atom is -0.346 e. The number of amides is 2. The number of rotatable bonds is 6. The number of carbonyl (C=O) groups excluding carboxylic acids is 2. The maximum Gasteiger partial charge on any atom is 0.270 e. The van der Waals surface area contributed by atoms with Crippen LogP contribution in [0.3, 0.4) is 0 Å². The number of nitrogens with zero attached hydrogens (tertiary/aromatic N) is 4. The van der Waals surface area contributed by atoms with E-state index in [9.17, 15) is 22.8 Å². The molecule has 0 saturated carbocycles. The first-order chi connectivity index (χ1) is 16.9. The van der Waals surface area contributed by atoms with Gasteiger partial charge in [0.15, 0.2) is 0 Å². The van der Waals surface area contributed by atoms with E-state index in [1.165, 1.54) is 23.0 Å². The molecule has 0 saturated heterocycles. The zero-order valence-electron chi connectivity index (χ0n) is 17.8. The number of H-pyrrole nitrogens is 1. The summed E-state index contributed by atoms with van der Waals surface area (Å²) < 4.78 is 39.8. The lowest BCUT2D eigenvalue weighted by Crippen LogP contribution is -2.29. The highest BCUT2D eigenvalue weighted by atomic mass is 19.3. The number of nitrogens with one attached hydrogen (secondary N) is 3. The molecule has 176 valence electrons. The van der Waals surface area contributed by atoms with Crippen LogP contribution < -0.4 is 10.6 Å². The number of aromatic amines is 1. The second-order valence-electron chi connectivity index (χ2n) is 7.56. The monoisotopic (exact) mass is 479 g/mol. The van der Waals surface area contributed by atoms with E-state index in [0.29, 0.717) is 27.8 Å². The minimum atomic E-state index is -2.67. The van der Waals surface area contributed by atoms with E-state index >= 15 is 0 Å². The van der Waals surface area contributed by atoms with Crippen molar-refractivity contribution in [2.75, 3.05) is 11.9 Å². The second kappa shape index (κ2) is 8.89. The van der Waals surface area contributed by atoms with Gasteiger partial charge in [0.05, 0.1) is 36.4 Å². The Labute approximate surface area is 195 Å². The molecule has 3 N–H and O–H groups in total. The van der Waals surface area contributed by atoms with E-state index in [-0.39, 0.29) is 16.9 Å². The van der Waals surface area contributed by atoms with Gasteiger partial charge in [-0.2, -0.15) is 0 Å². The number of alkyl halides is 2. The minimum absolute atomic E-state index is 0.101. The predicted molar refractivity (Wildman–Crippen MR) is 121 cm³/mol. The third-order valence-corrected chi connectivity index (χ3v) is 5.22. The normalized spacial score (nSPS) is 11.3. The molecule has 5 aromatic rings. The lowest BCUT2D eigenvalue weighted by Gasteiger charge is -2.07. The summed E-state index contributed by atoms with van der Waals surface area (Å²) in [6.07, 6.45) is 5.72. The largest absolute Gasteiger partial charge is 0.346 e. The zero-order valence-corrected chi connectivity index (χ0v) is 17.8. The van der Waals surface area contributed by atoms with Gasteiger partial charge >= 0.3 is 0 Å². The fraction of sp³-hybridized carbons (Fsp3) is 0.0870. The van der Waals surface area contributed by atoms with Crippen molar-refractivity contribution in [2.24, 2.45) is 0 Å². The van der Waals surface area contributed by atoms with Crippen LogP contribution in [0.2, 0.25) is 0 Å². The molecule has 5 aromatic heterocycles. The number of halogens is 3. The third-order valence-electron chi connectivity index (χ3n) is 5.22. The summed E-state index contributed by atoms with van der Waals surface area (Å²) in [5, 5.41) is 5.36. The van der Waals surface area contributed by atoms with Gasteiger partial charge in [-0.25, -0.2) is 23.1 Å². The lowest BCUT2D eigenvalue weighted by molar-refractivity contribution is 0.0886. The first kappa shape index (κ1) is 22.1. The molecule has 0 atom stereocenters. The van der Waals surface area contributed by atoms with Crippen molar-refractivity contribution in [1.29, 1.82) is 0 Å². The molecular formula is C23H16F3N7O2. The number of pyridine rings is 3. The highest BCUT2D eigenvalue weighted by Crippen LogP contribution is 2.29. The molecule has 0 aliphatic heterocycles. The van der Waals surface area contributed by atoms with Crippen molar-refractivity contribution in [2.45, 2.75) is 6.43 Å². The van der Waals surface area contributed by atoms with Crippen LogP contribution in [0, 0.1) is 5.82 Å². The summed E-state index contributed by atoms with van der Waals surface area (Å²) in [7, 11) is 0. The van der Waals surface area contributed by atoms with E-state index in [4.69, 9.17) is 0 Å². The molecule has 0 radical (unpaired) electrons. The molecule has 0 aliphatic rings. The molecule has 0 unspecified atom stereocenters. The molecule has 9 nitrogen and oxygen atoms in total. The summed E-state index contributed by atoms with van der Waals surface area (Å²) in [6.45, 7) is -0.767. The van der Waals surface area contributed by atoms with Crippen LogP contribution in [0.15, 0.2) is 61.4 Å². The number of anilines is 1. The summed E-state index contributed by atoms with van der Waals surface area (Å²) in [6, 6.07) is 6.23. The predicted octanol–water partition coefficient (Wildman–Crippen LogP) is 3.66. The first-order valence-corrected chi connectivity index (χ1v) is 10.3. The topological polar surface area (TPSA) is 117 Å². The summed E-state index contributed by atoms with van der Waals surface area (Å²) >= 11 is 0. The highest BCUT2D eigenvalue weighted by Gasteiger charge is 2.17. The van der Waals surface area contributed by atoms with Crippen molar-refractivity contribution in [3.8, 4) is 11.1 Å². The van der Waals surface area contributed by atoms with Crippen LogP contribution in [-0.2, 0) is 0 Å². The Morgan fingerprint density at radius 3 is 2.71 bits per heavy atom. The summed E-state index contributed by atoms with van der Waals surface area (Å²) in [4.78, 5) is 40.2. The van der Waals surface area contributed by atoms with E-state index in [2.05, 4.69) is 30.6 Å². The molecule has 35 heavy (non-hydrogen) atoms. The van der Waals surface area contributed by atoms with Crippen LogP contribution in [0.25, 0.3) is 27.8 Å². The lowest BCUT2D eigenvalue weighted by atomic mass is 10.1. The van der Waals surface area contributed by atoms with Gasteiger partial charge in [-0.3, -0.25) is 19.0 Å². The van der Waals surface area contributed by atoms with E-state index < -0.39 is 30.6 Å². The van der Waals surface area contributed by atoms with Crippen molar-refractivity contribution >= 4 is 34.2 Å². The van der Waals surface area contributed by atoms with Crippen LogP contribution in [0.5, 0.6) is 0 Å². The second-order valence-corrected chi connectivity index (χ2v) is 7.56. The number of aromatic nitrogens is 5. The van der Waals surface area contributed by atoms with Gasteiger partial charge in [0.2, 0.25) is 0 Å². The quantitative estimate of drug-likeness (QED) is 0.344. The molecular weight excluding hydrogens is 463 g/mol. The van der Waals surface area contributed by atoms with Crippen molar-refractivity contribution in [3.63, 3.8) is 0 Å². The number of hydrogen-bond acceptors (Lipinski definition) is 5. The number of hydrogen-bond donors (Lipinski definition) is 3. The first-order valence-electron chi connectivity index (χ1n) is 10.3. The fourth-order valence-corrected chi connectivity index (χ4v) is 3.62. The Balaban J connectivity index is 1.48. The maximum absolute atomic E-state index is 13.4. The Bertz CT molecular complexity index is 1580. The smallest absolute Gasteiger partial charge is 0.270 e. The van der Waals surface area contributed by atoms with Gasteiger partial charge < -0.3 is 15.6 Å². The molecule has 2 amide bonds. The molecule has 5 heterocycles. The van der Waals surface area contributed by atoms with Gasteiger partial charge in [-0.1, -0.05) is 0 Å². The highest BCUT2D eigenvalue weighted by molar-refractivity contribution is 6.07. The average molecular weight is 479 g/mol. The molecule has 12 heteroatoms. The molecule has 0 aromatic carbocycles. The van der Waals surface area contributed by atoms with Gasteiger partial charge in [-0.05, 0) is 18.2 Å². The van der Waals surface area contributed by atoms with E-state index in [0.717, 1.165) is 12.3 Å². The molecule has 0 aliphatic carbocycles. The van der Waals surface area contributed by atoms with Crippen molar-refractivity contribution in [1.82, 2.24) is 29.7 Å². The van der Waals surface area contributed by atoms with Crippen LogP contribution in [-0.4, -0.2) is 49.1 Å². The SMILES string of the molecule is O=C(Nc1cncc(F)c1)c1cnc2[nH]cc(-c3ccc4ncc(C(=O)NCC(F)F)n4c3)c2c1. The van der Waals surface area contributed by atoms with Crippen LogP contribution >= 0.6 is 0 Å². The average Bonchev–Trinajstić information content (AvgIpc) is 3.46. The maximum atomic E-state index is 13.4. The molecule has 5 rings (SSSR count). The third kappa shape index (κ3) is 4.40. The molecule has 0 fully saturated rings. The fourth-order valence-electron chi connectivity index (χ4n) is 3.62. The van der Waals surface area contributed by atoms with E-state index in [1.54, 1.807) is 30.6 Å². The Morgan fingerprint density at radius 2 is 1.91 bits per heavy atom. The summed E-state index contributed by atoms with van der Waals surface area (Å²) in [5.41, 5.74) is 2.86. The number of fused-ring (bicyclic) bond motifs is 2. The van der Waals surface area contributed by atoms with Crippen LogP contribution in [0.4, 0.5) is 18.9 Å². The van der Waals surface area contributed by atoms with Gasteiger partial charge in [-0.15, -0.1) is 0 Å². The molecule has 0 bridgehead atoms. The van der Waals surface area contributed by atoms with Gasteiger partial charge in [0, 0.05) is 41.2 Å². The van der Waals surface area contributed by atoms with Crippen LogP contribution in [0.1, 0.15) is 20.8 Å². The van der Waals surface area contributed by atoms with Crippen molar-refractivity contribution in [3.05, 3.63) is 78.5 Å². The van der Waals surface area contributed by atoms with Crippen molar-refractivity contribution < 1.29 is 22.8 Å². The number of carbonyl (C=O) groups is 2. The zero-order chi connectivity index (χ0) is 24.5. The van der Waals surface area contributed by atoms with E-state index in [1.807, 2.05) is 0 Å². The van der Waals surface area contributed by atoms with Gasteiger partial charge in [0.1, 0.15) is 22.8 Å². The summed E-state index contributed by atoms with van der Waals surface area (Å²) in [5.74, 6) is -1.76. The van der Waals surface area contributed by atoms with Gasteiger partial charge in [0.25, 0.3) is 18.2 Å². The number of imidazole rings is 1.